The Hall–Kier alpha value is -2.58. The smallest absolute Gasteiger partial charge is 0.0657 e. The third kappa shape index (κ3) is 1.93. The molecule has 0 aliphatic heterocycles. The minimum atomic E-state index is -0.499. The highest BCUT2D eigenvalue weighted by molar-refractivity contribution is 9.10. The molecular weight excluding hydrogens is 358 g/mol. The van der Waals surface area contributed by atoms with E-state index in [1.54, 1.807) is 34.9 Å². The van der Waals surface area contributed by atoms with Crippen molar-refractivity contribution in [1.29, 1.82) is 0 Å². The van der Waals surface area contributed by atoms with E-state index in [0.29, 0.717) is 5.69 Å². The Morgan fingerprint density at radius 2 is 1.58 bits per heavy atom. The van der Waals surface area contributed by atoms with Crippen molar-refractivity contribution in [3.63, 3.8) is 0 Å². The van der Waals surface area contributed by atoms with E-state index in [0.717, 1.165) is 0 Å². The third-order valence-corrected chi connectivity index (χ3v) is 4.34. The second-order valence-corrected chi connectivity index (χ2v) is 6.10. The monoisotopic (exact) mass is 380 g/mol. The van der Waals surface area contributed by atoms with Crippen LogP contribution in [-0.4, -0.2) is 4.57 Å². The molecule has 0 saturated carbocycles. The number of aromatic nitrogens is 1. The average molecular weight is 381 g/mol. The van der Waals surface area contributed by atoms with Crippen molar-refractivity contribution in [1.82, 2.24) is 4.57 Å². The summed E-state index contributed by atoms with van der Waals surface area (Å²) in [4.78, 5) is 0. The first-order valence-electron chi connectivity index (χ1n) is 11.8. The van der Waals surface area contributed by atoms with Gasteiger partial charge in [0.1, 0.15) is 0 Å². The highest BCUT2D eigenvalue weighted by atomic mass is 79.9. The Morgan fingerprint density at radius 3 is 2.46 bits per heavy atom. The molecule has 0 bridgehead atoms. The lowest BCUT2D eigenvalue weighted by Crippen LogP contribution is -1.93. The lowest BCUT2D eigenvalue weighted by Gasteiger charge is -2.09. The molecule has 0 N–H and O–H groups in total. The first-order valence-corrected chi connectivity index (χ1v) is 8.06. The number of halogens is 1. The van der Waals surface area contributed by atoms with E-state index in [9.17, 15) is 0 Å². The lowest BCUT2D eigenvalue weighted by atomic mass is 10.1. The fourth-order valence-corrected chi connectivity index (χ4v) is 3.25. The van der Waals surface area contributed by atoms with Crippen molar-refractivity contribution >= 4 is 48.5 Å². The summed E-state index contributed by atoms with van der Waals surface area (Å²) >= 11 is 3.23. The molecule has 1 heterocycles. The van der Waals surface area contributed by atoms with E-state index in [1.807, 2.05) is 0 Å². The fourth-order valence-electron chi connectivity index (χ4n) is 2.97. The van der Waals surface area contributed by atoms with Gasteiger partial charge in [-0.05, 0) is 29.6 Å². The van der Waals surface area contributed by atoms with Crippen molar-refractivity contribution in [3.8, 4) is 5.69 Å². The van der Waals surface area contributed by atoms with Gasteiger partial charge in [-0.2, -0.15) is 0 Å². The largest absolute Gasteiger partial charge is 0.309 e. The van der Waals surface area contributed by atoms with Crippen LogP contribution in [0.2, 0.25) is 0 Å². The van der Waals surface area contributed by atoms with Crippen LogP contribution in [0.4, 0.5) is 0 Å². The Labute approximate surface area is 160 Å². The van der Waals surface area contributed by atoms with Crippen molar-refractivity contribution in [3.05, 3.63) is 89.2 Å². The molecular formula is C22H14BrN. The van der Waals surface area contributed by atoms with Crippen molar-refractivity contribution in [2.24, 2.45) is 0 Å². The topological polar surface area (TPSA) is 4.93 Å². The molecule has 0 atom stereocenters. The second-order valence-electron chi connectivity index (χ2n) is 5.31. The van der Waals surface area contributed by atoms with Gasteiger partial charge in [0.25, 0.3) is 0 Å². The highest BCUT2D eigenvalue weighted by Gasteiger charge is 2.14. The van der Waals surface area contributed by atoms with E-state index in [2.05, 4.69) is 15.9 Å². The fraction of sp³-hybridized carbons (Fsp3) is 0. The number of benzene rings is 4. The minimum absolute atomic E-state index is 0.0403. The summed E-state index contributed by atoms with van der Waals surface area (Å²) < 4.78 is 77.9. The van der Waals surface area contributed by atoms with Crippen LogP contribution in [0.3, 0.4) is 0 Å². The standard InChI is InChI=1S/C22H14BrN/c23-16-11-13-19-20-12-10-15-6-4-5-9-18(15)22(20)24(21(19)14-16)17-7-2-1-3-8-17/h1-14H/i4D,5D,6D,9D,10D,11D,12D,13D,14D. The molecule has 1 nitrogen and oxygen atoms in total. The molecule has 24 heavy (non-hydrogen) atoms. The van der Waals surface area contributed by atoms with Crippen LogP contribution in [0.5, 0.6) is 0 Å². The van der Waals surface area contributed by atoms with Crippen molar-refractivity contribution < 1.29 is 12.3 Å². The molecule has 1 aromatic heterocycles. The molecule has 0 aliphatic carbocycles. The van der Waals surface area contributed by atoms with Gasteiger partial charge in [0.15, 0.2) is 0 Å². The molecule has 5 rings (SSSR count). The summed E-state index contributed by atoms with van der Waals surface area (Å²) in [7, 11) is 0. The van der Waals surface area contributed by atoms with E-state index in [4.69, 9.17) is 12.3 Å². The summed E-state index contributed by atoms with van der Waals surface area (Å²) in [6.45, 7) is 0. The molecule has 2 heteroatoms. The average Bonchev–Trinajstić information content (AvgIpc) is 3.17. The van der Waals surface area contributed by atoms with Crippen LogP contribution in [0.1, 0.15) is 12.3 Å². The van der Waals surface area contributed by atoms with E-state index < -0.39 is 24.2 Å². The molecule has 0 saturated heterocycles. The van der Waals surface area contributed by atoms with Gasteiger partial charge in [0.2, 0.25) is 0 Å². The van der Waals surface area contributed by atoms with Crippen LogP contribution in [0.25, 0.3) is 38.3 Å². The number of hydrogen-bond acceptors (Lipinski definition) is 0. The molecule has 0 radical (unpaired) electrons. The molecule has 0 amide bonds. The number of rotatable bonds is 1. The van der Waals surface area contributed by atoms with Crippen LogP contribution in [0, 0.1) is 0 Å². The van der Waals surface area contributed by atoms with Gasteiger partial charge in [-0.25, -0.2) is 0 Å². The molecule has 0 spiro atoms. The third-order valence-electron chi connectivity index (χ3n) is 3.95. The number of hydrogen-bond donors (Lipinski definition) is 0. The summed E-state index contributed by atoms with van der Waals surface area (Å²) in [5, 5.41) is 0.177. The Kier molecular flexibility index (Phi) is 1.64. The SMILES string of the molecule is [2H]c1c([2H])c([2H])c2c(c1[2H])c([2H])c([2H])c1c3c([2H])c([2H])c(Br)c([2H])c3n(-c3ccccc3)c21. The predicted octanol–water partition coefficient (Wildman–Crippen LogP) is 6.70. The van der Waals surface area contributed by atoms with E-state index in [1.165, 1.54) is 0 Å². The summed E-state index contributed by atoms with van der Waals surface area (Å²) in [5.74, 6) is 0. The maximum Gasteiger partial charge on any atom is 0.0657 e. The van der Waals surface area contributed by atoms with Gasteiger partial charge >= 0.3 is 0 Å². The van der Waals surface area contributed by atoms with Gasteiger partial charge in [0, 0.05) is 26.3 Å². The van der Waals surface area contributed by atoms with Crippen molar-refractivity contribution in [2.45, 2.75) is 0 Å². The highest BCUT2D eigenvalue weighted by Crippen LogP contribution is 2.37. The summed E-state index contributed by atoms with van der Waals surface area (Å²) in [5.41, 5.74) is 0.983. The minimum Gasteiger partial charge on any atom is -0.309 e. The molecule has 114 valence electrons. The zero-order chi connectivity index (χ0) is 23.9. The number of fused-ring (bicyclic) bond motifs is 5. The second kappa shape index (κ2) is 5.22. The first-order chi connectivity index (χ1) is 15.6. The molecule has 0 fully saturated rings. The maximum absolute atomic E-state index is 8.74. The van der Waals surface area contributed by atoms with Crippen molar-refractivity contribution in [2.75, 3.05) is 0 Å². The molecule has 0 unspecified atom stereocenters. The van der Waals surface area contributed by atoms with Crippen LogP contribution >= 0.6 is 15.9 Å². The zero-order valence-electron chi connectivity index (χ0n) is 21.2. The Bertz CT molecular complexity index is 1660. The predicted molar refractivity (Wildman–Crippen MR) is 106 cm³/mol. The number of nitrogens with zero attached hydrogens (tertiary/aromatic N) is 1. The van der Waals surface area contributed by atoms with Crippen LogP contribution in [-0.2, 0) is 0 Å². The Morgan fingerprint density at radius 1 is 0.792 bits per heavy atom. The van der Waals surface area contributed by atoms with Gasteiger partial charge in [-0.15, -0.1) is 0 Å². The molecule has 4 aromatic carbocycles. The molecule has 5 aromatic rings. The maximum atomic E-state index is 8.74. The van der Waals surface area contributed by atoms with E-state index >= 15 is 0 Å². The zero-order valence-corrected chi connectivity index (χ0v) is 13.8. The quantitative estimate of drug-likeness (QED) is 0.304. The Balaban J connectivity index is 2.29. The van der Waals surface area contributed by atoms with Crippen LogP contribution < -0.4 is 0 Å². The van der Waals surface area contributed by atoms with Gasteiger partial charge in [-0.3, -0.25) is 0 Å². The first kappa shape index (κ1) is 7.54. The van der Waals surface area contributed by atoms with Gasteiger partial charge in [0.05, 0.1) is 23.4 Å². The van der Waals surface area contributed by atoms with E-state index in [-0.39, 0.29) is 67.3 Å². The van der Waals surface area contributed by atoms with Gasteiger partial charge in [-0.1, -0.05) is 76.4 Å². The normalized spacial score (nSPS) is 16.8. The lowest BCUT2D eigenvalue weighted by molar-refractivity contribution is 1.19. The summed E-state index contributed by atoms with van der Waals surface area (Å²) in [6.07, 6.45) is 0. The van der Waals surface area contributed by atoms with Gasteiger partial charge < -0.3 is 4.57 Å². The number of para-hydroxylation sites is 1. The summed E-state index contributed by atoms with van der Waals surface area (Å²) in [6, 6.07) is 5.80. The van der Waals surface area contributed by atoms with Crippen LogP contribution in [0.15, 0.2) is 89.2 Å². The molecule has 0 aliphatic rings.